The number of alkyl halides is 1. The number of rotatable bonds is 2. The van der Waals surface area contributed by atoms with Crippen molar-refractivity contribution in [1.29, 1.82) is 0 Å². The summed E-state index contributed by atoms with van der Waals surface area (Å²) in [6, 6.07) is 9.76. The number of hydrogen-bond acceptors (Lipinski definition) is 3. The fourth-order valence-corrected chi connectivity index (χ4v) is 5.99. The second-order valence-electron chi connectivity index (χ2n) is 3.56. The van der Waals surface area contributed by atoms with Gasteiger partial charge in [0.05, 0.1) is 16.9 Å². The van der Waals surface area contributed by atoms with Crippen LogP contribution in [0.15, 0.2) is 35.2 Å². The number of hydrogen-bond donors (Lipinski definition) is 0. The van der Waals surface area contributed by atoms with E-state index in [2.05, 4.69) is 0 Å². The summed E-state index contributed by atoms with van der Waals surface area (Å²) in [6.07, 6.45) is 0. The van der Waals surface area contributed by atoms with Gasteiger partial charge in [0.1, 0.15) is 0 Å². The highest BCUT2D eigenvalue weighted by atomic mass is 35.5. The molecular formula is C10H11ClO2S2. The smallest absolute Gasteiger partial charge is 0.152 e. The van der Waals surface area contributed by atoms with Crippen molar-refractivity contribution in [2.45, 2.75) is 15.5 Å². The van der Waals surface area contributed by atoms with Crippen molar-refractivity contribution in [3.05, 3.63) is 30.3 Å². The third-order valence-electron chi connectivity index (χ3n) is 2.27. The molecule has 0 aliphatic carbocycles. The highest BCUT2D eigenvalue weighted by molar-refractivity contribution is 8.02. The highest BCUT2D eigenvalue weighted by Gasteiger charge is 2.36. The lowest BCUT2D eigenvalue weighted by Crippen LogP contribution is -2.13. The lowest BCUT2D eigenvalue weighted by molar-refractivity contribution is 0.602. The van der Waals surface area contributed by atoms with E-state index < -0.39 is 9.84 Å². The van der Waals surface area contributed by atoms with Crippen LogP contribution in [0.25, 0.3) is 0 Å². The first-order valence-corrected chi connectivity index (χ1v) is 7.77. The van der Waals surface area contributed by atoms with Gasteiger partial charge in [0.25, 0.3) is 0 Å². The van der Waals surface area contributed by atoms with Crippen molar-refractivity contribution in [1.82, 2.24) is 0 Å². The molecule has 2 atom stereocenters. The Labute approximate surface area is 98.9 Å². The molecule has 15 heavy (non-hydrogen) atoms. The van der Waals surface area contributed by atoms with Crippen LogP contribution < -0.4 is 0 Å². The van der Waals surface area contributed by atoms with E-state index in [-0.39, 0.29) is 22.1 Å². The molecule has 1 aliphatic rings. The number of benzene rings is 1. The second-order valence-corrected chi connectivity index (χ2v) is 7.59. The molecule has 0 amide bonds. The van der Waals surface area contributed by atoms with Crippen molar-refractivity contribution in [2.75, 3.05) is 11.5 Å². The van der Waals surface area contributed by atoms with E-state index in [4.69, 9.17) is 11.6 Å². The molecule has 1 aromatic rings. The molecule has 0 aromatic heterocycles. The molecule has 82 valence electrons. The van der Waals surface area contributed by atoms with Crippen LogP contribution in [0.5, 0.6) is 0 Å². The first-order valence-electron chi connectivity index (χ1n) is 4.63. The zero-order chi connectivity index (χ0) is 10.9. The fraction of sp³-hybridized carbons (Fsp3) is 0.400. The molecule has 1 heterocycles. The average Bonchev–Trinajstić information content (AvgIpc) is 2.41. The van der Waals surface area contributed by atoms with Crippen molar-refractivity contribution >= 4 is 33.2 Å². The molecule has 0 unspecified atom stereocenters. The molecule has 1 aliphatic heterocycles. The Morgan fingerprint density at radius 2 is 1.87 bits per heavy atom. The van der Waals surface area contributed by atoms with Crippen LogP contribution in [0.3, 0.4) is 0 Å². The summed E-state index contributed by atoms with van der Waals surface area (Å²) in [5.74, 6) is 0.305. The number of thioether (sulfide) groups is 1. The van der Waals surface area contributed by atoms with Gasteiger partial charge in [-0.25, -0.2) is 8.42 Å². The molecule has 1 aromatic carbocycles. The Bertz CT molecular complexity index is 430. The van der Waals surface area contributed by atoms with Crippen LogP contribution in [-0.4, -0.2) is 30.6 Å². The van der Waals surface area contributed by atoms with Crippen molar-refractivity contribution in [3.8, 4) is 0 Å². The van der Waals surface area contributed by atoms with E-state index in [1.807, 2.05) is 30.3 Å². The molecule has 0 spiro atoms. The van der Waals surface area contributed by atoms with Crippen LogP contribution in [-0.2, 0) is 9.84 Å². The standard InChI is InChI=1S/C10H11ClO2S2/c11-9-6-15(12,13)7-10(9)14-8-4-2-1-3-5-8/h1-5,9-10H,6-7H2/t9-,10+/m0/s1. The van der Waals surface area contributed by atoms with Gasteiger partial charge in [-0.15, -0.1) is 23.4 Å². The minimum atomic E-state index is -2.92. The Morgan fingerprint density at radius 1 is 1.20 bits per heavy atom. The summed E-state index contributed by atoms with van der Waals surface area (Å²) in [5.41, 5.74) is 0. The van der Waals surface area contributed by atoms with Crippen molar-refractivity contribution in [2.24, 2.45) is 0 Å². The summed E-state index contributed by atoms with van der Waals surface area (Å²) < 4.78 is 22.7. The van der Waals surface area contributed by atoms with Gasteiger partial charge in [0, 0.05) is 10.1 Å². The molecule has 1 fully saturated rings. The molecule has 2 nitrogen and oxygen atoms in total. The van der Waals surface area contributed by atoms with Gasteiger partial charge in [-0.05, 0) is 12.1 Å². The maximum absolute atomic E-state index is 11.3. The Kier molecular flexibility index (Phi) is 3.28. The largest absolute Gasteiger partial charge is 0.229 e. The molecule has 5 heteroatoms. The SMILES string of the molecule is O=S1(=O)C[C@H](Cl)[C@H](Sc2ccccc2)C1. The van der Waals surface area contributed by atoms with Crippen LogP contribution >= 0.6 is 23.4 Å². The molecule has 1 saturated heterocycles. The Balaban J connectivity index is 2.08. The quantitative estimate of drug-likeness (QED) is 0.767. The summed E-state index contributed by atoms with van der Waals surface area (Å²) in [7, 11) is -2.92. The van der Waals surface area contributed by atoms with Gasteiger partial charge in [0.15, 0.2) is 9.84 Å². The molecule has 0 radical (unpaired) electrons. The molecule has 0 bridgehead atoms. The fourth-order valence-electron chi connectivity index (χ4n) is 1.55. The van der Waals surface area contributed by atoms with Gasteiger partial charge in [-0.3, -0.25) is 0 Å². The zero-order valence-corrected chi connectivity index (χ0v) is 10.4. The molecule has 0 saturated carbocycles. The van der Waals surface area contributed by atoms with Gasteiger partial charge >= 0.3 is 0 Å². The van der Waals surface area contributed by atoms with E-state index in [1.165, 1.54) is 0 Å². The van der Waals surface area contributed by atoms with Crippen LogP contribution in [0.1, 0.15) is 0 Å². The summed E-state index contributed by atoms with van der Waals surface area (Å²) in [5, 5.41) is -0.278. The summed E-state index contributed by atoms with van der Waals surface area (Å²) >= 11 is 7.56. The van der Waals surface area contributed by atoms with Crippen LogP contribution in [0.2, 0.25) is 0 Å². The van der Waals surface area contributed by atoms with Crippen molar-refractivity contribution < 1.29 is 8.42 Å². The number of halogens is 1. The van der Waals surface area contributed by atoms with Crippen LogP contribution in [0, 0.1) is 0 Å². The first-order chi connectivity index (χ1) is 7.07. The maximum Gasteiger partial charge on any atom is 0.152 e. The molecule has 0 N–H and O–H groups in total. The van der Waals surface area contributed by atoms with Crippen molar-refractivity contribution in [3.63, 3.8) is 0 Å². The third-order valence-corrected chi connectivity index (χ3v) is 6.34. The predicted octanol–water partition coefficient (Wildman–Crippen LogP) is 2.18. The first kappa shape index (κ1) is 11.3. The lowest BCUT2D eigenvalue weighted by atomic mass is 10.4. The van der Waals surface area contributed by atoms with E-state index >= 15 is 0 Å². The highest BCUT2D eigenvalue weighted by Crippen LogP contribution is 2.33. The van der Waals surface area contributed by atoms with Gasteiger partial charge in [-0.1, -0.05) is 18.2 Å². The summed E-state index contributed by atoms with van der Waals surface area (Å²) in [4.78, 5) is 1.07. The molecular weight excluding hydrogens is 252 g/mol. The maximum atomic E-state index is 11.3. The summed E-state index contributed by atoms with van der Waals surface area (Å²) in [6.45, 7) is 0. The minimum absolute atomic E-state index is 0.0148. The van der Waals surface area contributed by atoms with E-state index in [1.54, 1.807) is 11.8 Å². The van der Waals surface area contributed by atoms with E-state index in [0.717, 1.165) is 4.90 Å². The Morgan fingerprint density at radius 3 is 2.40 bits per heavy atom. The zero-order valence-electron chi connectivity index (χ0n) is 7.97. The average molecular weight is 263 g/mol. The topological polar surface area (TPSA) is 34.1 Å². The predicted molar refractivity (Wildman–Crippen MR) is 64.4 cm³/mol. The lowest BCUT2D eigenvalue weighted by Gasteiger charge is -2.10. The normalized spacial score (nSPS) is 29.1. The van der Waals surface area contributed by atoms with Gasteiger partial charge < -0.3 is 0 Å². The van der Waals surface area contributed by atoms with Gasteiger partial charge in [-0.2, -0.15) is 0 Å². The van der Waals surface area contributed by atoms with Gasteiger partial charge in [0.2, 0.25) is 0 Å². The third kappa shape index (κ3) is 2.89. The van der Waals surface area contributed by atoms with E-state index in [9.17, 15) is 8.42 Å². The Hall–Kier alpha value is -0.190. The van der Waals surface area contributed by atoms with E-state index in [0.29, 0.717) is 0 Å². The second kappa shape index (κ2) is 4.36. The van der Waals surface area contributed by atoms with Crippen LogP contribution in [0.4, 0.5) is 0 Å². The monoisotopic (exact) mass is 262 g/mol. The minimum Gasteiger partial charge on any atom is -0.229 e. The number of sulfone groups is 1. The molecule has 2 rings (SSSR count).